The largest absolute Gasteiger partial charge is 0.465 e. The van der Waals surface area contributed by atoms with Crippen LogP contribution in [0.1, 0.15) is 49.9 Å². The summed E-state index contributed by atoms with van der Waals surface area (Å²) in [7, 11) is 1.36. The first-order chi connectivity index (χ1) is 7.36. The van der Waals surface area contributed by atoms with Crippen molar-refractivity contribution >= 4 is 22.3 Å². The number of hydrogen-bond acceptors (Lipinski definition) is 4. The third-order valence-corrected chi connectivity index (χ3v) is 3.30. The SMILES string of the molecule is CC.COC(=O)c1cc(C(C)(C)C)sc1N. The Morgan fingerprint density at radius 1 is 1.38 bits per heavy atom. The first kappa shape index (κ1) is 15.0. The van der Waals surface area contributed by atoms with E-state index in [9.17, 15) is 4.79 Å². The minimum Gasteiger partial charge on any atom is -0.465 e. The molecule has 1 heterocycles. The fraction of sp³-hybridized carbons (Fsp3) is 0.583. The second kappa shape index (κ2) is 5.89. The molecular weight excluding hydrogens is 222 g/mol. The van der Waals surface area contributed by atoms with Gasteiger partial charge in [0.1, 0.15) is 5.00 Å². The molecule has 0 unspecified atom stereocenters. The number of carbonyl (C=O) groups excluding carboxylic acids is 1. The Labute approximate surface area is 102 Å². The van der Waals surface area contributed by atoms with Crippen LogP contribution >= 0.6 is 11.3 Å². The van der Waals surface area contributed by atoms with Crippen molar-refractivity contribution < 1.29 is 9.53 Å². The molecule has 2 N–H and O–H groups in total. The highest BCUT2D eigenvalue weighted by Crippen LogP contribution is 2.34. The molecule has 0 spiro atoms. The van der Waals surface area contributed by atoms with Crippen molar-refractivity contribution in [2.45, 2.75) is 40.0 Å². The highest BCUT2D eigenvalue weighted by atomic mass is 32.1. The van der Waals surface area contributed by atoms with Crippen LogP contribution in [0.25, 0.3) is 0 Å². The Bertz CT molecular complexity index is 350. The first-order valence-electron chi connectivity index (χ1n) is 5.34. The molecule has 1 aromatic heterocycles. The molecule has 1 aromatic rings. The maximum atomic E-state index is 11.3. The Morgan fingerprint density at radius 3 is 2.19 bits per heavy atom. The van der Waals surface area contributed by atoms with Gasteiger partial charge in [0.25, 0.3) is 0 Å². The zero-order valence-electron chi connectivity index (χ0n) is 10.9. The average Bonchev–Trinajstić information content (AvgIpc) is 2.62. The summed E-state index contributed by atoms with van der Waals surface area (Å²) >= 11 is 1.44. The number of ether oxygens (including phenoxy) is 1. The normalized spacial score (nSPS) is 10.4. The van der Waals surface area contributed by atoms with Crippen molar-refractivity contribution in [2.24, 2.45) is 0 Å². The fourth-order valence-electron chi connectivity index (χ4n) is 1.04. The second-order valence-corrected chi connectivity index (χ2v) is 5.21. The van der Waals surface area contributed by atoms with Crippen molar-refractivity contribution in [2.75, 3.05) is 12.8 Å². The second-order valence-electron chi connectivity index (χ2n) is 4.13. The van der Waals surface area contributed by atoms with Gasteiger partial charge in [-0.25, -0.2) is 4.79 Å². The van der Waals surface area contributed by atoms with Gasteiger partial charge in [-0.1, -0.05) is 34.6 Å². The molecule has 0 aromatic carbocycles. The van der Waals surface area contributed by atoms with Gasteiger partial charge in [-0.15, -0.1) is 11.3 Å². The van der Waals surface area contributed by atoms with Crippen LogP contribution in [0, 0.1) is 0 Å². The maximum Gasteiger partial charge on any atom is 0.340 e. The van der Waals surface area contributed by atoms with Gasteiger partial charge in [0.15, 0.2) is 0 Å². The standard InChI is InChI=1S/C10H15NO2S.C2H6/c1-10(2,3)7-5-6(8(11)14-7)9(12)13-4;1-2/h5H,11H2,1-4H3;1-2H3. The van der Waals surface area contributed by atoms with Gasteiger partial charge >= 0.3 is 5.97 Å². The summed E-state index contributed by atoms with van der Waals surface area (Å²) in [6.07, 6.45) is 0. The van der Waals surface area contributed by atoms with E-state index in [1.807, 2.05) is 19.9 Å². The van der Waals surface area contributed by atoms with Crippen LogP contribution < -0.4 is 5.73 Å². The summed E-state index contributed by atoms with van der Waals surface area (Å²) in [6, 6.07) is 1.81. The monoisotopic (exact) mass is 243 g/mol. The Morgan fingerprint density at radius 2 is 1.88 bits per heavy atom. The number of nitrogen functional groups attached to an aromatic ring is 1. The van der Waals surface area contributed by atoms with E-state index in [2.05, 4.69) is 25.5 Å². The summed E-state index contributed by atoms with van der Waals surface area (Å²) in [4.78, 5) is 12.4. The lowest BCUT2D eigenvalue weighted by Gasteiger charge is -2.14. The summed E-state index contributed by atoms with van der Waals surface area (Å²) in [6.45, 7) is 10.2. The van der Waals surface area contributed by atoms with E-state index in [0.717, 1.165) is 4.88 Å². The van der Waals surface area contributed by atoms with E-state index in [4.69, 9.17) is 5.73 Å². The number of rotatable bonds is 1. The third-order valence-electron chi connectivity index (χ3n) is 1.91. The Hall–Kier alpha value is -1.03. The molecule has 0 aliphatic rings. The number of hydrogen-bond donors (Lipinski definition) is 1. The zero-order chi connectivity index (χ0) is 12.9. The highest BCUT2D eigenvalue weighted by Gasteiger charge is 2.21. The molecule has 4 heteroatoms. The number of thiophene rings is 1. The van der Waals surface area contributed by atoms with Crippen LogP contribution in [-0.2, 0) is 10.2 Å². The van der Waals surface area contributed by atoms with Crippen LogP contribution in [0.5, 0.6) is 0 Å². The van der Waals surface area contributed by atoms with Crippen molar-refractivity contribution in [3.05, 3.63) is 16.5 Å². The van der Waals surface area contributed by atoms with Crippen LogP contribution in [0.2, 0.25) is 0 Å². The molecule has 0 saturated heterocycles. The third kappa shape index (κ3) is 3.52. The van der Waals surface area contributed by atoms with Crippen LogP contribution in [-0.4, -0.2) is 13.1 Å². The van der Waals surface area contributed by atoms with E-state index < -0.39 is 0 Å². The summed E-state index contributed by atoms with van der Waals surface area (Å²) in [5.41, 5.74) is 6.23. The molecule has 92 valence electrons. The molecule has 0 radical (unpaired) electrons. The average molecular weight is 243 g/mol. The Balaban J connectivity index is 0.00000106. The molecule has 0 fully saturated rings. The van der Waals surface area contributed by atoms with Crippen LogP contribution in [0.3, 0.4) is 0 Å². The predicted molar refractivity (Wildman–Crippen MR) is 70.1 cm³/mol. The smallest absolute Gasteiger partial charge is 0.340 e. The van der Waals surface area contributed by atoms with Gasteiger partial charge in [0.2, 0.25) is 0 Å². The summed E-state index contributed by atoms with van der Waals surface area (Å²) in [5, 5.41) is 0.529. The van der Waals surface area contributed by atoms with Gasteiger partial charge in [-0.3, -0.25) is 0 Å². The van der Waals surface area contributed by atoms with Crippen molar-refractivity contribution in [3.8, 4) is 0 Å². The van der Waals surface area contributed by atoms with E-state index in [0.29, 0.717) is 10.6 Å². The van der Waals surface area contributed by atoms with E-state index in [-0.39, 0.29) is 11.4 Å². The first-order valence-corrected chi connectivity index (χ1v) is 6.16. The van der Waals surface area contributed by atoms with Gasteiger partial charge in [0, 0.05) is 4.88 Å². The van der Waals surface area contributed by atoms with Crippen molar-refractivity contribution in [3.63, 3.8) is 0 Å². The predicted octanol–water partition coefficient (Wildman–Crippen LogP) is 3.44. The van der Waals surface area contributed by atoms with E-state index in [1.54, 1.807) is 0 Å². The number of nitrogens with two attached hydrogens (primary N) is 1. The van der Waals surface area contributed by atoms with Gasteiger partial charge in [-0.2, -0.15) is 0 Å². The molecule has 1 rings (SSSR count). The van der Waals surface area contributed by atoms with E-state index in [1.165, 1.54) is 18.4 Å². The van der Waals surface area contributed by atoms with Gasteiger partial charge < -0.3 is 10.5 Å². The maximum absolute atomic E-state index is 11.3. The van der Waals surface area contributed by atoms with Crippen LogP contribution in [0.4, 0.5) is 5.00 Å². The summed E-state index contributed by atoms with van der Waals surface area (Å²) < 4.78 is 4.63. The number of carbonyl (C=O) groups is 1. The van der Waals surface area contributed by atoms with Gasteiger partial charge in [0.05, 0.1) is 12.7 Å². The molecule has 0 aliphatic heterocycles. The Kier molecular flexibility index (Phi) is 5.51. The number of anilines is 1. The molecule has 0 amide bonds. The molecule has 0 bridgehead atoms. The zero-order valence-corrected chi connectivity index (χ0v) is 11.7. The lowest BCUT2D eigenvalue weighted by atomic mass is 9.94. The quantitative estimate of drug-likeness (QED) is 0.769. The molecule has 0 saturated carbocycles. The topological polar surface area (TPSA) is 52.3 Å². The van der Waals surface area contributed by atoms with Gasteiger partial charge in [-0.05, 0) is 11.5 Å². The molecule has 3 nitrogen and oxygen atoms in total. The number of esters is 1. The molecule has 16 heavy (non-hydrogen) atoms. The van der Waals surface area contributed by atoms with E-state index >= 15 is 0 Å². The van der Waals surface area contributed by atoms with Crippen molar-refractivity contribution in [1.29, 1.82) is 0 Å². The molecule has 0 aliphatic carbocycles. The molecular formula is C12H21NO2S. The van der Waals surface area contributed by atoms with Crippen molar-refractivity contribution in [1.82, 2.24) is 0 Å². The molecule has 0 atom stereocenters. The fourth-order valence-corrected chi connectivity index (χ4v) is 2.02. The van der Waals surface area contributed by atoms with Crippen LogP contribution in [0.15, 0.2) is 6.07 Å². The lowest BCUT2D eigenvalue weighted by molar-refractivity contribution is 0.0602. The number of methoxy groups -OCH3 is 1. The minimum absolute atomic E-state index is 0.0189. The summed E-state index contributed by atoms with van der Waals surface area (Å²) in [5.74, 6) is -0.366. The lowest BCUT2D eigenvalue weighted by Crippen LogP contribution is -2.08. The minimum atomic E-state index is -0.366. The highest BCUT2D eigenvalue weighted by molar-refractivity contribution is 7.16.